The molecule has 9 N–H and O–H groups in total. The Labute approximate surface area is 513 Å². The fraction of sp³-hybridized carbons (Fsp3) is 0.431. The van der Waals surface area contributed by atoms with Gasteiger partial charge in [-0.25, -0.2) is 4.98 Å². The highest BCUT2D eigenvalue weighted by atomic mass is 32.1. The second kappa shape index (κ2) is 26.1. The summed E-state index contributed by atoms with van der Waals surface area (Å²) in [5.41, 5.74) is 11.4. The van der Waals surface area contributed by atoms with Gasteiger partial charge in [0.1, 0.15) is 30.5 Å². The summed E-state index contributed by atoms with van der Waals surface area (Å²) in [6.07, 6.45) is 4.42. The van der Waals surface area contributed by atoms with Crippen LogP contribution >= 0.6 is 18.9 Å². The summed E-state index contributed by atoms with van der Waals surface area (Å²) in [5, 5.41) is 20.4. The minimum absolute atomic E-state index is 0.0243. The van der Waals surface area contributed by atoms with Crippen molar-refractivity contribution in [2.24, 2.45) is 17.1 Å². The number of aromatic amines is 1. The molecule has 464 valence electrons. The number of nitrogens with two attached hydrogens (primary N) is 1. The lowest BCUT2D eigenvalue weighted by atomic mass is 9.85. The first-order valence-electron chi connectivity index (χ1n) is 30.0. The van der Waals surface area contributed by atoms with Crippen LogP contribution in [0.15, 0.2) is 96.5 Å². The van der Waals surface area contributed by atoms with Crippen LogP contribution in [-0.4, -0.2) is 120 Å². The number of benzene rings is 4. The van der Waals surface area contributed by atoms with Crippen molar-refractivity contribution >= 4 is 82.3 Å². The summed E-state index contributed by atoms with van der Waals surface area (Å²) in [6, 6.07) is 23.2. The van der Waals surface area contributed by atoms with Gasteiger partial charge in [0.2, 0.25) is 35.4 Å². The Balaban J connectivity index is 0.706. The molecule has 1 saturated carbocycles. The van der Waals surface area contributed by atoms with E-state index in [2.05, 4.69) is 25.9 Å². The second-order valence-corrected chi connectivity index (χ2v) is 27.3. The van der Waals surface area contributed by atoms with Crippen LogP contribution in [0, 0.1) is 18.3 Å². The lowest BCUT2D eigenvalue weighted by Gasteiger charge is -2.35. The number of hydrogen-bond donors (Lipinski definition) is 8. The molecule has 4 aliphatic rings. The van der Waals surface area contributed by atoms with Crippen molar-refractivity contribution in [1.29, 1.82) is 0 Å². The van der Waals surface area contributed by atoms with Crippen molar-refractivity contribution in [3.63, 3.8) is 0 Å². The predicted molar refractivity (Wildman–Crippen MR) is 330 cm³/mol. The number of aliphatic hydroxyl groups excluding tert-OH is 1. The van der Waals surface area contributed by atoms with Crippen molar-refractivity contribution in [1.82, 2.24) is 30.8 Å². The van der Waals surface area contributed by atoms with Crippen LogP contribution in [0.5, 0.6) is 5.75 Å². The molecule has 2 fully saturated rings. The quantitative estimate of drug-likeness (QED) is 0.0159. The van der Waals surface area contributed by atoms with Crippen LogP contribution < -0.4 is 31.3 Å². The van der Waals surface area contributed by atoms with E-state index in [0.29, 0.717) is 54.4 Å². The minimum atomic E-state index is -5.04. The molecule has 1 saturated heterocycles. The van der Waals surface area contributed by atoms with E-state index in [1.807, 2.05) is 93.9 Å². The van der Waals surface area contributed by atoms with Crippen LogP contribution in [0.1, 0.15) is 140 Å². The van der Waals surface area contributed by atoms with Crippen molar-refractivity contribution in [2.45, 2.75) is 153 Å². The number of fused-ring (bicyclic) bond motifs is 1. The van der Waals surface area contributed by atoms with E-state index < -0.39 is 89.7 Å². The van der Waals surface area contributed by atoms with Crippen molar-refractivity contribution < 1.29 is 62.6 Å². The summed E-state index contributed by atoms with van der Waals surface area (Å²) in [4.78, 5) is 139. The van der Waals surface area contributed by atoms with Gasteiger partial charge in [0.05, 0.1) is 45.1 Å². The van der Waals surface area contributed by atoms with Crippen molar-refractivity contribution in [3.05, 3.63) is 136 Å². The number of rotatable bonds is 25. The van der Waals surface area contributed by atoms with Crippen LogP contribution in [0.2, 0.25) is 0 Å². The molecular formula is C65H75N8O13PS. The zero-order valence-corrected chi connectivity index (χ0v) is 51.4. The lowest BCUT2D eigenvalue weighted by Crippen LogP contribution is -2.58. The average molecular weight is 1240 g/mol. The number of likely N-dealkylation sites (tertiary alicyclic amines) is 1. The largest absolute Gasteiger partial charge is 0.491 e. The highest BCUT2D eigenvalue weighted by molar-refractivity contribution is 7.70. The molecule has 6 atom stereocenters. The molecule has 1 aliphatic carbocycles. The number of unbranched alkanes of at least 4 members (excludes halogenated alkanes) is 2. The van der Waals surface area contributed by atoms with Crippen molar-refractivity contribution in [3.8, 4) is 16.2 Å². The molecule has 0 unspecified atom stereocenters. The Hall–Kier alpha value is -7.88. The molecule has 4 aromatic carbocycles. The van der Waals surface area contributed by atoms with Gasteiger partial charge >= 0.3 is 7.60 Å². The second-order valence-electron chi connectivity index (χ2n) is 25.0. The molecule has 88 heavy (non-hydrogen) atoms. The first-order valence-corrected chi connectivity index (χ1v) is 32.5. The summed E-state index contributed by atoms with van der Waals surface area (Å²) in [5.74, 6) is -3.17. The highest BCUT2D eigenvalue weighted by Gasteiger charge is 2.51. The van der Waals surface area contributed by atoms with Gasteiger partial charge < -0.3 is 51.2 Å². The molecule has 5 heterocycles. The number of aromatic nitrogens is 2. The third-order valence-corrected chi connectivity index (χ3v) is 19.1. The highest BCUT2D eigenvalue weighted by Crippen LogP contribution is 2.47. The Bertz CT molecular complexity index is 3730. The number of amides is 6. The first kappa shape index (κ1) is 63.1. The van der Waals surface area contributed by atoms with E-state index in [-0.39, 0.29) is 74.7 Å². The molecule has 0 radical (unpaired) electrons. The molecule has 2 aromatic heterocycles. The average Bonchev–Trinajstić information content (AvgIpc) is 1.92. The fourth-order valence-corrected chi connectivity index (χ4v) is 13.7. The number of nitrogens with one attached hydrogen (secondary N) is 4. The maximum absolute atomic E-state index is 14.6. The molecule has 23 heteroatoms. The summed E-state index contributed by atoms with van der Waals surface area (Å²) >= 11 is 1.57. The third-order valence-electron chi connectivity index (χ3n) is 17.3. The number of ether oxygens (including phenoxy) is 1. The lowest BCUT2D eigenvalue weighted by molar-refractivity contribution is -0.144. The van der Waals surface area contributed by atoms with Crippen molar-refractivity contribution in [2.75, 3.05) is 18.1 Å². The number of ketones is 1. The van der Waals surface area contributed by atoms with Crippen LogP contribution in [0.4, 0.5) is 5.69 Å². The number of thiazole rings is 1. The summed E-state index contributed by atoms with van der Waals surface area (Å²) in [6.45, 7) is 7.50. The maximum Gasteiger partial charge on any atom is 0.396 e. The number of carbonyl (C=O) groups excluding carboxylic acids is 8. The number of β-amino-alcohol motifs (C(OH)–C–C–N with tert-alkyl or cyclic N) is 1. The number of carbonyl (C=O) groups is 8. The molecule has 6 aromatic rings. The van der Waals surface area contributed by atoms with Gasteiger partial charge in [-0.1, -0.05) is 81.8 Å². The fourth-order valence-electron chi connectivity index (χ4n) is 12.4. The number of hydrogen-bond acceptors (Lipinski definition) is 13. The van der Waals surface area contributed by atoms with Gasteiger partial charge in [-0.2, -0.15) is 0 Å². The van der Waals surface area contributed by atoms with Crippen LogP contribution in [0.25, 0.3) is 21.3 Å². The molecule has 10 rings (SSSR count). The molecule has 3 aliphatic heterocycles. The smallest absolute Gasteiger partial charge is 0.396 e. The topological polar surface area (TPSA) is 321 Å². The standard InChI is InChI=1S/C65H75N8O13PS/c1-37-57(88-36-67-37)40-18-21-45(22-19-40)65(26-27-65)71-60(79)51-33-47(74)34-72(51)62(81)58(64(2,3)4)70-55(77)15-7-5-6-10-38-11-8-14-48(28-38)86-35-46(23-25-54(66)76)68-59(78)52-31-41-13-9-12-39-16-17-42(61(80)73(52)56(39)41)32-53(75)50-30-44-29-43(20-24-49(44)69-50)63(82)87(83,84)85/h8-9,11-14,18-22,24,28-30,36,42,46-47,51-52,58,69,74H,5-7,10,15-17,23,25-27,31-35H2,1-4H3,(H2,66,76)(H,68,78)(H,70,77)(H,71,79)(H2,83,84,85)/t42-,46+,47-,51+,52+,58-/m1/s1. The van der Waals surface area contributed by atoms with Gasteiger partial charge in [-0.05, 0) is 128 Å². The Morgan fingerprint density at radius 2 is 1.65 bits per heavy atom. The number of H-pyrrole nitrogens is 1. The van der Waals surface area contributed by atoms with Gasteiger partial charge in [0.25, 0.3) is 5.52 Å². The van der Waals surface area contributed by atoms with E-state index in [4.69, 9.17) is 10.5 Å². The zero-order chi connectivity index (χ0) is 62.8. The predicted octanol–water partition coefficient (Wildman–Crippen LogP) is 7.24. The minimum Gasteiger partial charge on any atom is -0.491 e. The van der Waals surface area contributed by atoms with Gasteiger partial charge in [0, 0.05) is 61.0 Å². The number of primary amides is 1. The number of aryl methyl sites for hydroxylation is 3. The van der Waals surface area contributed by atoms with Crippen LogP contribution in [-0.2, 0) is 58.1 Å². The molecule has 21 nitrogen and oxygen atoms in total. The molecule has 0 bridgehead atoms. The molecular weight excluding hydrogens is 1160 g/mol. The number of anilines is 1. The van der Waals surface area contributed by atoms with E-state index in [9.17, 15) is 57.8 Å². The Kier molecular flexibility index (Phi) is 18.7. The molecule has 0 spiro atoms. The summed E-state index contributed by atoms with van der Waals surface area (Å²) < 4.78 is 17.9. The van der Waals surface area contributed by atoms with E-state index in [0.717, 1.165) is 57.7 Å². The normalized spacial score (nSPS) is 19.3. The number of nitrogens with zero attached hydrogens (tertiary/aromatic N) is 3. The third kappa shape index (κ3) is 14.3. The van der Waals surface area contributed by atoms with E-state index in [1.54, 1.807) is 17.4 Å². The Morgan fingerprint density at radius 3 is 2.35 bits per heavy atom. The number of aliphatic hydroxyl groups is 1. The first-order chi connectivity index (χ1) is 41.8. The van der Waals surface area contributed by atoms with E-state index in [1.165, 1.54) is 34.1 Å². The zero-order valence-electron chi connectivity index (χ0n) is 49.7. The van der Waals surface area contributed by atoms with Gasteiger partial charge in [-0.15, -0.1) is 11.3 Å². The SMILES string of the molecule is Cc1ncsc1-c1ccc(C2(NC(=O)[C@@H]3C[C@@H](O)CN3C(=O)[C@@H](NC(=O)CCCCCc3cccc(OC[C@H](CCC(N)=O)NC(=O)[C@@H]4Cc5cccc6c5N4C(=O)[C@@H](CC(=O)c4cc5cc(C(=O)P(=O)(O)O)ccc5[nH]4)CC6)c3)C(C)(C)C)CC2)cc1. The maximum atomic E-state index is 14.6. The van der Waals surface area contributed by atoms with Crippen LogP contribution in [0.3, 0.4) is 0 Å². The number of Topliss-reactive ketones (excluding diaryl/α,β-unsaturated/α-hetero) is 1. The van der Waals surface area contributed by atoms with Gasteiger partial charge in [-0.3, -0.25) is 47.8 Å². The monoisotopic (exact) mass is 1240 g/mol. The number of para-hydroxylation sites is 1. The summed E-state index contributed by atoms with van der Waals surface area (Å²) in [7, 11) is -5.04. The van der Waals surface area contributed by atoms with Gasteiger partial charge in [0.15, 0.2) is 5.78 Å². The Morgan fingerprint density at radius 1 is 0.898 bits per heavy atom. The van der Waals surface area contributed by atoms with E-state index >= 15 is 0 Å². The molecule has 6 amide bonds.